The Hall–Kier alpha value is -3.85. The van der Waals surface area contributed by atoms with Crippen LogP contribution in [0.2, 0.25) is 10.0 Å². The number of hydrogen-bond acceptors (Lipinski definition) is 4. The lowest BCUT2D eigenvalue weighted by molar-refractivity contribution is -0.140. The number of nitrogens with one attached hydrogen (secondary N) is 1. The molecule has 0 aliphatic rings. The van der Waals surface area contributed by atoms with Crippen molar-refractivity contribution in [3.05, 3.63) is 130 Å². The van der Waals surface area contributed by atoms with E-state index >= 15 is 0 Å². The van der Waals surface area contributed by atoms with Crippen LogP contribution in [0.5, 0.6) is 0 Å². The maximum atomic E-state index is 14.5. The van der Waals surface area contributed by atoms with Gasteiger partial charge in [-0.3, -0.25) is 13.9 Å². The lowest BCUT2D eigenvalue weighted by atomic mass is 10.0. The van der Waals surface area contributed by atoms with E-state index in [9.17, 15) is 18.0 Å². The van der Waals surface area contributed by atoms with Crippen molar-refractivity contribution in [1.82, 2.24) is 10.2 Å². The van der Waals surface area contributed by atoms with Gasteiger partial charge < -0.3 is 10.2 Å². The quantitative estimate of drug-likeness (QED) is 0.166. The molecule has 45 heavy (non-hydrogen) atoms. The van der Waals surface area contributed by atoms with Crippen molar-refractivity contribution >= 4 is 50.7 Å². The van der Waals surface area contributed by atoms with Crippen LogP contribution in [-0.2, 0) is 32.6 Å². The number of rotatable bonds is 13. The molecule has 4 aromatic rings. The normalized spacial score (nSPS) is 12.6. The molecule has 1 N–H and O–H groups in total. The van der Waals surface area contributed by atoms with E-state index in [1.807, 2.05) is 57.2 Å². The van der Waals surface area contributed by atoms with Crippen LogP contribution in [-0.4, -0.2) is 43.8 Å². The molecule has 0 saturated heterocycles. The van der Waals surface area contributed by atoms with Gasteiger partial charge in [-0.05, 0) is 79.4 Å². The molecule has 0 bridgehead atoms. The highest BCUT2D eigenvalue weighted by atomic mass is 35.5. The minimum absolute atomic E-state index is 0.00736. The van der Waals surface area contributed by atoms with Crippen molar-refractivity contribution in [3.63, 3.8) is 0 Å². The van der Waals surface area contributed by atoms with Crippen LogP contribution >= 0.6 is 23.2 Å². The number of benzene rings is 4. The first-order valence-corrected chi connectivity index (χ1v) is 16.9. The van der Waals surface area contributed by atoms with E-state index in [4.69, 9.17) is 23.2 Å². The number of halogens is 2. The lowest BCUT2D eigenvalue weighted by Crippen LogP contribution is -2.54. The molecule has 4 rings (SSSR count). The summed E-state index contributed by atoms with van der Waals surface area (Å²) in [7, 11) is -4.22. The van der Waals surface area contributed by atoms with Crippen LogP contribution < -0.4 is 9.62 Å². The van der Waals surface area contributed by atoms with E-state index in [1.54, 1.807) is 42.5 Å². The molecule has 236 valence electrons. The SMILES string of the molecule is CC[C@H](C)NC(=O)[C@H](Cc1ccccc1)N(Cc1ccccc1Cl)C(=O)CN(c1cccc(C)c1)S(=O)(=O)c1ccc(Cl)cc1. The maximum absolute atomic E-state index is 14.5. The number of carbonyl (C=O) groups is 2. The number of nitrogens with zero attached hydrogens (tertiary/aromatic N) is 2. The van der Waals surface area contributed by atoms with Gasteiger partial charge in [0.05, 0.1) is 10.6 Å². The standard InChI is InChI=1S/C35H37Cl2N3O4S/c1-4-26(3)38-35(42)33(22-27-12-6-5-7-13-27)39(23-28-14-8-9-16-32(28)37)34(41)24-40(30-15-10-11-25(2)21-30)45(43,44)31-19-17-29(36)18-20-31/h5-21,26,33H,4,22-24H2,1-3H3,(H,38,42)/t26-,33-/m0/s1. The topological polar surface area (TPSA) is 86.8 Å². The molecule has 0 heterocycles. The first kappa shape index (κ1) is 34.0. The Labute approximate surface area is 275 Å². The summed E-state index contributed by atoms with van der Waals surface area (Å²) < 4.78 is 29.3. The van der Waals surface area contributed by atoms with Gasteiger partial charge in [0.15, 0.2) is 0 Å². The van der Waals surface area contributed by atoms with Gasteiger partial charge in [0.1, 0.15) is 12.6 Å². The molecular formula is C35H37Cl2N3O4S. The van der Waals surface area contributed by atoms with E-state index < -0.39 is 28.5 Å². The second kappa shape index (κ2) is 15.4. The minimum atomic E-state index is -4.22. The Morgan fingerprint density at radius 1 is 0.867 bits per heavy atom. The van der Waals surface area contributed by atoms with Gasteiger partial charge in [-0.15, -0.1) is 0 Å². The molecule has 0 fully saturated rings. The molecule has 0 aromatic heterocycles. The number of hydrogen-bond donors (Lipinski definition) is 1. The Kier molecular flexibility index (Phi) is 11.7. The summed E-state index contributed by atoms with van der Waals surface area (Å²) >= 11 is 12.6. The fourth-order valence-electron chi connectivity index (χ4n) is 4.85. The summed E-state index contributed by atoms with van der Waals surface area (Å²) in [6.07, 6.45) is 0.913. The van der Waals surface area contributed by atoms with Crippen LogP contribution in [0, 0.1) is 6.92 Å². The summed E-state index contributed by atoms with van der Waals surface area (Å²) in [5.41, 5.74) is 2.62. The summed E-state index contributed by atoms with van der Waals surface area (Å²) in [6, 6.07) is 28.1. The smallest absolute Gasteiger partial charge is 0.264 e. The summed E-state index contributed by atoms with van der Waals surface area (Å²) in [6.45, 7) is 5.14. The van der Waals surface area contributed by atoms with E-state index in [0.717, 1.165) is 15.4 Å². The molecule has 2 amide bonds. The van der Waals surface area contributed by atoms with Gasteiger partial charge in [0.2, 0.25) is 11.8 Å². The Morgan fingerprint density at radius 2 is 1.53 bits per heavy atom. The molecule has 2 atom stereocenters. The Bertz CT molecular complexity index is 1720. The highest BCUT2D eigenvalue weighted by Gasteiger charge is 2.35. The molecule has 0 aliphatic carbocycles. The zero-order valence-electron chi connectivity index (χ0n) is 25.5. The second-order valence-electron chi connectivity index (χ2n) is 10.9. The van der Waals surface area contributed by atoms with Gasteiger partial charge in [-0.1, -0.05) is 90.8 Å². The number of anilines is 1. The highest BCUT2D eigenvalue weighted by Crippen LogP contribution is 2.27. The van der Waals surface area contributed by atoms with Crippen molar-refractivity contribution in [3.8, 4) is 0 Å². The van der Waals surface area contributed by atoms with E-state index in [1.165, 1.54) is 29.2 Å². The zero-order valence-corrected chi connectivity index (χ0v) is 27.8. The third-order valence-corrected chi connectivity index (χ3v) is 9.95. The molecular weight excluding hydrogens is 629 g/mol. The highest BCUT2D eigenvalue weighted by molar-refractivity contribution is 7.92. The van der Waals surface area contributed by atoms with Crippen LogP contribution in [0.3, 0.4) is 0 Å². The first-order chi connectivity index (χ1) is 21.5. The van der Waals surface area contributed by atoms with E-state index in [2.05, 4.69) is 5.32 Å². The van der Waals surface area contributed by atoms with Gasteiger partial charge in [0, 0.05) is 29.1 Å². The summed E-state index contributed by atoms with van der Waals surface area (Å²) in [5, 5.41) is 3.84. The predicted octanol–water partition coefficient (Wildman–Crippen LogP) is 7.05. The van der Waals surface area contributed by atoms with Crippen LogP contribution in [0.15, 0.2) is 108 Å². The average molecular weight is 667 g/mol. The molecule has 10 heteroatoms. The lowest BCUT2D eigenvalue weighted by Gasteiger charge is -2.34. The van der Waals surface area contributed by atoms with E-state index in [-0.39, 0.29) is 29.8 Å². The van der Waals surface area contributed by atoms with Crippen molar-refractivity contribution < 1.29 is 18.0 Å². The number of carbonyl (C=O) groups excluding carboxylic acids is 2. The first-order valence-electron chi connectivity index (χ1n) is 14.7. The monoisotopic (exact) mass is 665 g/mol. The second-order valence-corrected chi connectivity index (χ2v) is 13.6. The fraction of sp³-hybridized carbons (Fsp3) is 0.257. The molecule has 0 unspecified atom stereocenters. The average Bonchev–Trinajstić information content (AvgIpc) is 3.02. The Balaban J connectivity index is 1.82. The van der Waals surface area contributed by atoms with Gasteiger partial charge >= 0.3 is 0 Å². The van der Waals surface area contributed by atoms with Crippen molar-refractivity contribution in [2.24, 2.45) is 0 Å². The van der Waals surface area contributed by atoms with Crippen molar-refractivity contribution in [2.75, 3.05) is 10.8 Å². The van der Waals surface area contributed by atoms with Gasteiger partial charge in [0.25, 0.3) is 10.0 Å². The maximum Gasteiger partial charge on any atom is 0.264 e. The molecule has 0 spiro atoms. The van der Waals surface area contributed by atoms with Gasteiger partial charge in [-0.2, -0.15) is 0 Å². The predicted molar refractivity (Wildman–Crippen MR) is 181 cm³/mol. The molecule has 4 aromatic carbocycles. The molecule has 0 aliphatic heterocycles. The molecule has 0 saturated carbocycles. The Morgan fingerprint density at radius 3 is 2.18 bits per heavy atom. The van der Waals surface area contributed by atoms with Gasteiger partial charge in [-0.25, -0.2) is 8.42 Å². The number of sulfonamides is 1. The number of aryl methyl sites for hydroxylation is 1. The largest absolute Gasteiger partial charge is 0.352 e. The molecule has 7 nitrogen and oxygen atoms in total. The zero-order chi connectivity index (χ0) is 32.6. The van der Waals surface area contributed by atoms with Crippen LogP contribution in [0.4, 0.5) is 5.69 Å². The fourth-order valence-corrected chi connectivity index (χ4v) is 6.58. The van der Waals surface area contributed by atoms with E-state index in [0.29, 0.717) is 27.7 Å². The number of amides is 2. The summed E-state index contributed by atoms with van der Waals surface area (Å²) in [4.78, 5) is 29.9. The van der Waals surface area contributed by atoms with Crippen LogP contribution in [0.25, 0.3) is 0 Å². The van der Waals surface area contributed by atoms with Crippen molar-refractivity contribution in [2.45, 2.75) is 57.1 Å². The van der Waals surface area contributed by atoms with Crippen LogP contribution in [0.1, 0.15) is 37.0 Å². The summed E-state index contributed by atoms with van der Waals surface area (Å²) in [5.74, 6) is -0.898. The third-order valence-electron chi connectivity index (χ3n) is 7.54. The van der Waals surface area contributed by atoms with Crippen molar-refractivity contribution in [1.29, 1.82) is 0 Å². The third kappa shape index (κ3) is 8.87. The molecule has 0 radical (unpaired) electrons. The minimum Gasteiger partial charge on any atom is -0.352 e.